The minimum Gasteiger partial charge on any atom is -0.272 e. The fourth-order valence-electron chi connectivity index (χ4n) is 1.66. The SMILES string of the molecule is O=C(CSCc1ccccc1Br)N/N=C/c1ccccc1F. The van der Waals surface area contributed by atoms with E-state index in [0.29, 0.717) is 5.56 Å². The summed E-state index contributed by atoms with van der Waals surface area (Å²) in [5.41, 5.74) is 3.86. The Morgan fingerprint density at radius 3 is 2.73 bits per heavy atom. The first-order valence-electron chi connectivity index (χ1n) is 6.54. The molecule has 2 rings (SSSR count). The van der Waals surface area contributed by atoms with Gasteiger partial charge < -0.3 is 0 Å². The number of carbonyl (C=O) groups excluding carboxylic acids is 1. The molecule has 0 fully saturated rings. The number of nitrogens with one attached hydrogen (secondary N) is 1. The van der Waals surface area contributed by atoms with Crippen LogP contribution in [-0.4, -0.2) is 17.9 Å². The molecule has 114 valence electrons. The lowest BCUT2D eigenvalue weighted by Gasteiger charge is -2.03. The Morgan fingerprint density at radius 1 is 1.23 bits per heavy atom. The highest BCUT2D eigenvalue weighted by Gasteiger charge is 2.03. The van der Waals surface area contributed by atoms with Gasteiger partial charge in [-0.15, -0.1) is 11.8 Å². The normalized spacial score (nSPS) is 10.8. The minimum absolute atomic E-state index is 0.218. The lowest BCUT2D eigenvalue weighted by molar-refractivity contribution is -0.118. The van der Waals surface area contributed by atoms with Crippen LogP contribution in [0.2, 0.25) is 0 Å². The van der Waals surface area contributed by atoms with Crippen LogP contribution in [0.3, 0.4) is 0 Å². The molecular weight excluding hydrogens is 367 g/mol. The van der Waals surface area contributed by atoms with E-state index in [-0.39, 0.29) is 17.5 Å². The van der Waals surface area contributed by atoms with Crippen LogP contribution in [0, 0.1) is 5.82 Å². The van der Waals surface area contributed by atoms with E-state index < -0.39 is 0 Å². The molecule has 1 amide bonds. The number of thioether (sulfide) groups is 1. The van der Waals surface area contributed by atoms with E-state index in [1.165, 1.54) is 24.0 Å². The average Bonchev–Trinajstić information content (AvgIpc) is 2.51. The monoisotopic (exact) mass is 380 g/mol. The zero-order valence-electron chi connectivity index (χ0n) is 11.6. The first kappa shape index (κ1) is 16.7. The van der Waals surface area contributed by atoms with Crippen LogP contribution in [0.4, 0.5) is 4.39 Å². The average molecular weight is 381 g/mol. The molecule has 0 atom stereocenters. The number of amides is 1. The lowest BCUT2D eigenvalue weighted by atomic mass is 10.2. The van der Waals surface area contributed by atoms with Gasteiger partial charge in [0.1, 0.15) is 5.82 Å². The van der Waals surface area contributed by atoms with E-state index in [0.717, 1.165) is 15.8 Å². The van der Waals surface area contributed by atoms with Gasteiger partial charge in [-0.2, -0.15) is 5.10 Å². The van der Waals surface area contributed by atoms with E-state index in [9.17, 15) is 9.18 Å². The zero-order valence-corrected chi connectivity index (χ0v) is 14.0. The molecule has 2 aromatic rings. The van der Waals surface area contributed by atoms with Gasteiger partial charge in [-0.05, 0) is 17.7 Å². The van der Waals surface area contributed by atoms with E-state index >= 15 is 0 Å². The fraction of sp³-hybridized carbons (Fsp3) is 0.125. The molecule has 0 saturated heterocycles. The molecule has 0 radical (unpaired) electrons. The Morgan fingerprint density at radius 2 is 1.95 bits per heavy atom. The maximum Gasteiger partial charge on any atom is 0.250 e. The smallest absolute Gasteiger partial charge is 0.250 e. The molecule has 0 aliphatic heterocycles. The minimum atomic E-state index is -0.371. The largest absolute Gasteiger partial charge is 0.272 e. The zero-order chi connectivity index (χ0) is 15.8. The summed E-state index contributed by atoms with van der Waals surface area (Å²) in [6.07, 6.45) is 1.30. The van der Waals surface area contributed by atoms with Gasteiger partial charge in [0.25, 0.3) is 0 Å². The molecule has 22 heavy (non-hydrogen) atoms. The summed E-state index contributed by atoms with van der Waals surface area (Å²) in [5, 5.41) is 3.76. The first-order valence-corrected chi connectivity index (χ1v) is 8.49. The maximum absolute atomic E-state index is 13.3. The highest BCUT2D eigenvalue weighted by molar-refractivity contribution is 9.10. The van der Waals surface area contributed by atoms with Gasteiger partial charge in [-0.1, -0.05) is 52.3 Å². The van der Waals surface area contributed by atoms with Crippen molar-refractivity contribution in [3.05, 3.63) is 69.9 Å². The van der Waals surface area contributed by atoms with Crippen LogP contribution < -0.4 is 5.43 Å². The van der Waals surface area contributed by atoms with E-state index in [1.54, 1.807) is 18.2 Å². The van der Waals surface area contributed by atoms with Gasteiger partial charge in [-0.3, -0.25) is 4.79 Å². The number of hydrogen-bond acceptors (Lipinski definition) is 3. The van der Waals surface area contributed by atoms with Crippen molar-refractivity contribution in [2.45, 2.75) is 5.75 Å². The van der Waals surface area contributed by atoms with Crippen molar-refractivity contribution >= 4 is 39.8 Å². The van der Waals surface area contributed by atoms with Gasteiger partial charge in [0.05, 0.1) is 12.0 Å². The number of carbonyl (C=O) groups is 1. The third kappa shape index (κ3) is 5.27. The van der Waals surface area contributed by atoms with Crippen LogP contribution in [0.1, 0.15) is 11.1 Å². The van der Waals surface area contributed by atoms with Crippen molar-refractivity contribution in [3.63, 3.8) is 0 Å². The van der Waals surface area contributed by atoms with Crippen molar-refractivity contribution in [2.24, 2.45) is 5.10 Å². The van der Waals surface area contributed by atoms with Crippen LogP contribution in [0.25, 0.3) is 0 Å². The Kier molecular flexibility index (Phi) is 6.61. The highest BCUT2D eigenvalue weighted by atomic mass is 79.9. The number of hydrazone groups is 1. The molecule has 0 aliphatic rings. The molecule has 0 aromatic heterocycles. The maximum atomic E-state index is 13.3. The fourth-order valence-corrected chi connectivity index (χ4v) is 3.09. The molecule has 2 aromatic carbocycles. The third-order valence-electron chi connectivity index (χ3n) is 2.75. The molecule has 1 N–H and O–H groups in total. The van der Waals surface area contributed by atoms with Crippen molar-refractivity contribution in [1.29, 1.82) is 0 Å². The molecule has 0 aliphatic carbocycles. The summed E-state index contributed by atoms with van der Waals surface area (Å²) in [7, 11) is 0. The molecular formula is C16H14BrFN2OS. The van der Waals surface area contributed by atoms with Gasteiger partial charge in [0.2, 0.25) is 5.91 Å². The second-order valence-electron chi connectivity index (χ2n) is 4.40. The topological polar surface area (TPSA) is 41.5 Å². The summed E-state index contributed by atoms with van der Waals surface area (Å²) in [4.78, 5) is 11.6. The van der Waals surface area contributed by atoms with Gasteiger partial charge in [-0.25, -0.2) is 9.82 Å². The lowest BCUT2D eigenvalue weighted by Crippen LogP contribution is -2.19. The molecule has 0 spiro atoms. The molecule has 0 heterocycles. The summed E-state index contributed by atoms with van der Waals surface area (Å²) in [6.45, 7) is 0. The van der Waals surface area contributed by atoms with Crippen LogP contribution in [0.5, 0.6) is 0 Å². The molecule has 6 heteroatoms. The number of benzene rings is 2. The Hall–Kier alpha value is -1.66. The van der Waals surface area contributed by atoms with Crippen LogP contribution in [0.15, 0.2) is 58.1 Å². The van der Waals surface area contributed by atoms with Crippen LogP contribution in [-0.2, 0) is 10.5 Å². The Labute approximate surface area is 141 Å². The quantitative estimate of drug-likeness (QED) is 0.608. The third-order valence-corrected chi connectivity index (χ3v) is 4.50. The number of nitrogens with zero attached hydrogens (tertiary/aromatic N) is 1. The van der Waals surface area contributed by atoms with E-state index in [2.05, 4.69) is 26.5 Å². The summed E-state index contributed by atoms with van der Waals surface area (Å²) < 4.78 is 14.4. The second kappa shape index (κ2) is 8.70. The van der Waals surface area contributed by atoms with Crippen molar-refractivity contribution in [3.8, 4) is 0 Å². The number of hydrogen-bond donors (Lipinski definition) is 1. The van der Waals surface area contributed by atoms with Crippen molar-refractivity contribution in [2.75, 3.05) is 5.75 Å². The summed E-state index contributed by atoms with van der Waals surface area (Å²) in [5.74, 6) is 0.426. The predicted molar refractivity (Wildman–Crippen MR) is 92.4 cm³/mol. The van der Waals surface area contributed by atoms with Gasteiger partial charge in [0, 0.05) is 15.8 Å². The second-order valence-corrected chi connectivity index (χ2v) is 6.24. The molecule has 3 nitrogen and oxygen atoms in total. The first-order chi connectivity index (χ1) is 10.7. The molecule has 0 bridgehead atoms. The van der Waals surface area contributed by atoms with E-state index in [4.69, 9.17) is 0 Å². The van der Waals surface area contributed by atoms with Crippen LogP contribution >= 0.6 is 27.7 Å². The van der Waals surface area contributed by atoms with E-state index in [1.807, 2.05) is 24.3 Å². The van der Waals surface area contributed by atoms with Crippen molar-refractivity contribution in [1.82, 2.24) is 5.43 Å². The number of halogens is 2. The van der Waals surface area contributed by atoms with Crippen molar-refractivity contribution < 1.29 is 9.18 Å². The Balaban J connectivity index is 1.75. The highest BCUT2D eigenvalue weighted by Crippen LogP contribution is 2.20. The molecule has 0 unspecified atom stereocenters. The summed E-state index contributed by atoms with van der Waals surface area (Å²) >= 11 is 4.95. The van der Waals surface area contributed by atoms with Gasteiger partial charge in [0.15, 0.2) is 0 Å². The predicted octanol–water partition coefficient (Wildman–Crippen LogP) is 3.97. The summed E-state index contributed by atoms with van der Waals surface area (Å²) in [6, 6.07) is 14.1. The molecule has 0 saturated carbocycles. The number of rotatable bonds is 6. The Bertz CT molecular complexity index is 679. The van der Waals surface area contributed by atoms with Gasteiger partial charge >= 0.3 is 0 Å². The standard InChI is InChI=1S/C16H14BrFN2OS/c17-14-7-3-1-6-13(14)10-22-11-16(21)20-19-9-12-5-2-4-8-15(12)18/h1-9H,10-11H2,(H,20,21)/b19-9+.